The second-order valence-corrected chi connectivity index (χ2v) is 8.85. The van der Waals surface area contributed by atoms with Crippen LogP contribution in [0.25, 0.3) is 10.9 Å². The number of rotatable bonds is 9. The fourth-order valence-corrected chi connectivity index (χ4v) is 3.84. The molecule has 0 spiro atoms. The van der Waals surface area contributed by atoms with Crippen molar-refractivity contribution >= 4 is 45.6 Å². The number of nitrogens with zero attached hydrogens (tertiary/aromatic N) is 3. The van der Waals surface area contributed by atoms with Crippen LogP contribution in [0.4, 0.5) is 21.6 Å². The first-order valence-corrected chi connectivity index (χ1v) is 11.6. The van der Waals surface area contributed by atoms with Gasteiger partial charge in [-0.1, -0.05) is 17.7 Å². The van der Waals surface area contributed by atoms with E-state index in [1.54, 1.807) is 24.3 Å². The smallest absolute Gasteiger partial charge is 0.248 e. The molecule has 1 aliphatic rings. The topological polar surface area (TPSA) is 88.6 Å². The maximum Gasteiger partial charge on any atom is 0.248 e. The van der Waals surface area contributed by atoms with Gasteiger partial charge in [0, 0.05) is 37.0 Å². The van der Waals surface area contributed by atoms with E-state index in [1.165, 1.54) is 24.5 Å². The number of carbonyl (C=O) groups is 1. The number of benzene rings is 2. The maximum atomic E-state index is 13.6. The van der Waals surface area contributed by atoms with Crippen molar-refractivity contribution in [3.05, 3.63) is 59.7 Å². The van der Waals surface area contributed by atoms with Crippen molar-refractivity contribution in [3.63, 3.8) is 0 Å². The number of hydrogen-bond donors (Lipinski definition) is 2. The SMILES string of the molecule is CN(C)CC=CC(=O)Nc1cc(OC[C@@H]2CCCO2)cc2ncnc(Nc3ccc(F)c(Cl)c3)c12. The van der Waals surface area contributed by atoms with Crippen LogP contribution < -0.4 is 15.4 Å². The van der Waals surface area contributed by atoms with Crippen molar-refractivity contribution in [2.75, 3.05) is 44.5 Å². The Morgan fingerprint density at radius 1 is 1.31 bits per heavy atom. The Bertz CT molecular complexity index is 1230. The number of hydrogen-bond acceptors (Lipinski definition) is 7. The van der Waals surface area contributed by atoms with Crippen LogP contribution in [0.5, 0.6) is 5.75 Å². The minimum atomic E-state index is -0.518. The summed E-state index contributed by atoms with van der Waals surface area (Å²) in [6.07, 6.45) is 6.66. The number of anilines is 3. The highest BCUT2D eigenvalue weighted by molar-refractivity contribution is 6.31. The Balaban J connectivity index is 1.67. The molecule has 0 aliphatic carbocycles. The molecule has 1 fully saturated rings. The van der Waals surface area contributed by atoms with Gasteiger partial charge in [0.15, 0.2) is 0 Å². The van der Waals surface area contributed by atoms with Crippen LogP contribution in [0.15, 0.2) is 48.8 Å². The summed E-state index contributed by atoms with van der Waals surface area (Å²) >= 11 is 5.94. The van der Waals surface area contributed by atoms with Gasteiger partial charge < -0.3 is 25.0 Å². The van der Waals surface area contributed by atoms with Crippen molar-refractivity contribution in [1.29, 1.82) is 0 Å². The molecule has 1 saturated heterocycles. The molecule has 0 radical (unpaired) electrons. The van der Waals surface area contributed by atoms with Crippen molar-refractivity contribution < 1.29 is 18.7 Å². The summed E-state index contributed by atoms with van der Waals surface area (Å²) in [7, 11) is 3.84. The molecule has 35 heavy (non-hydrogen) atoms. The molecule has 1 atom stereocenters. The van der Waals surface area contributed by atoms with E-state index in [-0.39, 0.29) is 17.0 Å². The van der Waals surface area contributed by atoms with E-state index >= 15 is 0 Å². The second-order valence-electron chi connectivity index (χ2n) is 8.44. The second kappa shape index (κ2) is 11.4. The van der Waals surface area contributed by atoms with E-state index in [0.717, 1.165) is 19.4 Å². The molecule has 184 valence electrons. The summed E-state index contributed by atoms with van der Waals surface area (Å²) in [5, 5.41) is 6.62. The van der Waals surface area contributed by atoms with Crippen LogP contribution in [-0.2, 0) is 9.53 Å². The Morgan fingerprint density at radius 3 is 2.91 bits per heavy atom. The number of ether oxygens (including phenoxy) is 2. The Hall–Kier alpha value is -3.27. The molecule has 0 bridgehead atoms. The van der Waals surface area contributed by atoms with Crippen molar-refractivity contribution in [3.8, 4) is 5.75 Å². The van der Waals surface area contributed by atoms with Gasteiger partial charge in [-0.25, -0.2) is 14.4 Å². The largest absolute Gasteiger partial charge is 0.491 e. The Morgan fingerprint density at radius 2 is 2.17 bits per heavy atom. The van der Waals surface area contributed by atoms with Gasteiger partial charge in [0.1, 0.15) is 30.3 Å². The number of amides is 1. The van der Waals surface area contributed by atoms with Gasteiger partial charge in [-0.3, -0.25) is 4.79 Å². The highest BCUT2D eigenvalue weighted by Crippen LogP contribution is 2.34. The summed E-state index contributed by atoms with van der Waals surface area (Å²) in [5.74, 6) is 0.158. The van der Waals surface area contributed by atoms with Crippen LogP contribution in [0.1, 0.15) is 12.8 Å². The standard InChI is InChI=1S/C25H27ClFN5O3/c1-32(2)9-3-6-23(33)31-22-13-18(35-14-17-5-4-10-34-17)12-21-24(22)25(29-15-28-21)30-16-7-8-20(27)19(26)11-16/h3,6-8,11-13,15,17H,4-5,9-10,14H2,1-2H3,(H,31,33)(H,28,29,30)/t17-/m0/s1. The van der Waals surface area contributed by atoms with Crippen molar-refractivity contribution in [2.24, 2.45) is 0 Å². The third-order valence-corrected chi connectivity index (χ3v) is 5.64. The number of likely N-dealkylation sites (N-methyl/N-ethyl adjacent to an activating group) is 1. The van der Waals surface area contributed by atoms with Gasteiger partial charge in [-0.05, 0) is 45.1 Å². The average Bonchev–Trinajstić information content (AvgIpc) is 3.34. The molecular formula is C25H27ClFN5O3. The van der Waals surface area contributed by atoms with Crippen LogP contribution in [0.2, 0.25) is 5.02 Å². The molecule has 1 aliphatic heterocycles. The Labute approximate surface area is 208 Å². The summed E-state index contributed by atoms with van der Waals surface area (Å²) in [6.45, 7) is 1.77. The van der Waals surface area contributed by atoms with Crippen LogP contribution in [-0.4, -0.2) is 60.7 Å². The normalized spacial score (nSPS) is 15.7. The molecule has 2 N–H and O–H groups in total. The lowest BCUT2D eigenvalue weighted by Crippen LogP contribution is -2.16. The van der Waals surface area contributed by atoms with E-state index in [2.05, 4.69) is 20.6 Å². The summed E-state index contributed by atoms with van der Waals surface area (Å²) in [5.41, 5.74) is 1.58. The zero-order chi connectivity index (χ0) is 24.8. The minimum absolute atomic E-state index is 0.0160. The Kier molecular flexibility index (Phi) is 8.12. The third-order valence-electron chi connectivity index (χ3n) is 5.35. The van der Waals surface area contributed by atoms with Crippen molar-refractivity contribution in [1.82, 2.24) is 14.9 Å². The maximum absolute atomic E-state index is 13.6. The lowest BCUT2D eigenvalue weighted by molar-refractivity contribution is -0.111. The monoisotopic (exact) mass is 499 g/mol. The lowest BCUT2D eigenvalue weighted by atomic mass is 10.1. The highest BCUT2D eigenvalue weighted by Gasteiger charge is 2.18. The number of nitrogens with one attached hydrogen (secondary N) is 2. The van der Waals surface area contributed by atoms with Crippen LogP contribution >= 0.6 is 11.6 Å². The van der Waals surface area contributed by atoms with E-state index in [0.29, 0.717) is 47.0 Å². The third kappa shape index (κ3) is 6.66. The summed E-state index contributed by atoms with van der Waals surface area (Å²) < 4.78 is 25.2. The van der Waals surface area contributed by atoms with E-state index < -0.39 is 5.82 Å². The average molecular weight is 500 g/mol. The molecule has 0 unspecified atom stereocenters. The molecule has 8 nitrogen and oxygen atoms in total. The van der Waals surface area contributed by atoms with Gasteiger partial charge in [-0.15, -0.1) is 0 Å². The van der Waals surface area contributed by atoms with E-state index in [9.17, 15) is 9.18 Å². The van der Waals surface area contributed by atoms with Gasteiger partial charge in [-0.2, -0.15) is 0 Å². The molecular weight excluding hydrogens is 473 g/mol. The van der Waals surface area contributed by atoms with Crippen LogP contribution in [0.3, 0.4) is 0 Å². The molecule has 2 heterocycles. The molecule has 1 aromatic heterocycles. The number of carbonyl (C=O) groups excluding carboxylic acids is 1. The minimum Gasteiger partial charge on any atom is -0.491 e. The van der Waals surface area contributed by atoms with Gasteiger partial charge in [0.2, 0.25) is 5.91 Å². The zero-order valence-corrected chi connectivity index (χ0v) is 20.3. The predicted octanol–water partition coefficient (Wildman–Crippen LogP) is 4.78. The zero-order valence-electron chi connectivity index (χ0n) is 19.6. The molecule has 3 aromatic rings. The van der Waals surface area contributed by atoms with Gasteiger partial charge in [0.25, 0.3) is 0 Å². The number of aromatic nitrogens is 2. The van der Waals surface area contributed by atoms with Gasteiger partial charge in [0.05, 0.1) is 27.7 Å². The van der Waals surface area contributed by atoms with Crippen molar-refractivity contribution in [2.45, 2.75) is 18.9 Å². The van der Waals surface area contributed by atoms with E-state index in [1.807, 2.05) is 19.0 Å². The highest BCUT2D eigenvalue weighted by atomic mass is 35.5. The first-order valence-electron chi connectivity index (χ1n) is 11.3. The molecule has 0 saturated carbocycles. The van der Waals surface area contributed by atoms with E-state index in [4.69, 9.17) is 21.1 Å². The van der Waals surface area contributed by atoms with Gasteiger partial charge >= 0.3 is 0 Å². The lowest BCUT2D eigenvalue weighted by Gasteiger charge is -2.16. The van der Waals surface area contributed by atoms with Crippen LogP contribution in [0, 0.1) is 5.82 Å². The molecule has 10 heteroatoms. The predicted molar refractivity (Wildman–Crippen MR) is 135 cm³/mol. The quantitative estimate of drug-likeness (QED) is 0.409. The molecule has 2 aromatic carbocycles. The first kappa shape index (κ1) is 24.8. The fraction of sp³-hybridized carbons (Fsp3) is 0.320. The first-order chi connectivity index (χ1) is 16.9. The fourth-order valence-electron chi connectivity index (χ4n) is 3.66. The summed E-state index contributed by atoms with van der Waals surface area (Å²) in [4.78, 5) is 23.4. The number of fused-ring (bicyclic) bond motifs is 1. The summed E-state index contributed by atoms with van der Waals surface area (Å²) in [6, 6.07) is 7.80. The molecule has 4 rings (SSSR count). The molecule has 1 amide bonds. The number of halogens is 2.